The Labute approximate surface area is 204 Å². The molecule has 1 unspecified atom stereocenters. The number of likely N-dealkylation sites (tertiary alicyclic amines) is 1. The highest BCUT2D eigenvalue weighted by atomic mass is 16.2. The van der Waals surface area contributed by atoms with Crippen molar-refractivity contribution in [3.05, 3.63) is 35.4 Å². The van der Waals surface area contributed by atoms with Crippen molar-refractivity contribution in [2.24, 2.45) is 22.2 Å². The van der Waals surface area contributed by atoms with Crippen LogP contribution in [0.15, 0.2) is 29.3 Å². The summed E-state index contributed by atoms with van der Waals surface area (Å²) >= 11 is 0. The predicted molar refractivity (Wildman–Crippen MR) is 131 cm³/mol. The number of carbonyl (C=O) groups is 3. The highest BCUT2D eigenvalue weighted by Gasteiger charge is 2.37. The molecule has 0 bridgehead atoms. The van der Waals surface area contributed by atoms with Gasteiger partial charge in [0.25, 0.3) is 0 Å². The second kappa shape index (κ2) is 12.9. The van der Waals surface area contributed by atoms with Crippen LogP contribution in [0.1, 0.15) is 43.7 Å². The van der Waals surface area contributed by atoms with E-state index in [4.69, 9.17) is 22.6 Å². The lowest BCUT2D eigenvalue weighted by atomic mass is 10.0. The third-order valence-electron chi connectivity index (χ3n) is 5.64. The first-order chi connectivity index (χ1) is 16.6. The van der Waals surface area contributed by atoms with Crippen molar-refractivity contribution in [3.8, 4) is 6.07 Å². The molecule has 12 heteroatoms. The van der Waals surface area contributed by atoms with Crippen molar-refractivity contribution in [2.45, 2.75) is 57.2 Å². The number of hydrogen-bond acceptors (Lipinski definition) is 6. The molecule has 1 heterocycles. The summed E-state index contributed by atoms with van der Waals surface area (Å²) in [5.41, 5.74) is 17.5. The number of nitriles is 1. The lowest BCUT2D eigenvalue weighted by molar-refractivity contribution is -0.141. The minimum absolute atomic E-state index is 0.0504. The monoisotopic (exact) mass is 483 g/mol. The smallest absolute Gasteiger partial charge is 0.245 e. The summed E-state index contributed by atoms with van der Waals surface area (Å²) in [6, 6.07) is 6.62. The molecule has 1 aliphatic heterocycles. The van der Waals surface area contributed by atoms with Crippen LogP contribution in [-0.4, -0.2) is 65.6 Å². The molecule has 1 aliphatic rings. The topological polar surface area (TPSA) is 217 Å². The first kappa shape index (κ1) is 27.1. The molecule has 2 rings (SSSR count). The zero-order valence-corrected chi connectivity index (χ0v) is 19.8. The maximum atomic E-state index is 13.2. The molecule has 1 aromatic carbocycles. The number of aliphatic imine (C=N–C) groups is 1. The van der Waals surface area contributed by atoms with Gasteiger partial charge in [0.05, 0.1) is 6.07 Å². The highest BCUT2D eigenvalue weighted by Crippen LogP contribution is 2.20. The van der Waals surface area contributed by atoms with Crippen LogP contribution in [0.4, 0.5) is 0 Å². The lowest BCUT2D eigenvalue weighted by Gasteiger charge is -2.29. The van der Waals surface area contributed by atoms with Crippen molar-refractivity contribution < 1.29 is 14.4 Å². The number of nitrogens with one attached hydrogen (secondary N) is 3. The van der Waals surface area contributed by atoms with E-state index in [2.05, 4.69) is 21.7 Å². The molecule has 188 valence electrons. The van der Waals surface area contributed by atoms with E-state index in [1.165, 1.54) is 11.8 Å². The summed E-state index contributed by atoms with van der Waals surface area (Å²) < 4.78 is 0. The fraction of sp³-hybridized carbons (Fsp3) is 0.478. The SMILES string of the molecule is CC(=O)N[C@H](CCCN=C(N)N)C(=O)N1CCC[C@H]1C(=O)NC(C#N)Cc1ccc(C(=N)N)cc1. The van der Waals surface area contributed by atoms with Crippen LogP contribution in [0.2, 0.25) is 0 Å². The fourth-order valence-corrected chi connectivity index (χ4v) is 3.96. The second-order valence-corrected chi connectivity index (χ2v) is 8.40. The number of benzene rings is 1. The molecule has 3 amide bonds. The van der Waals surface area contributed by atoms with E-state index in [0.717, 1.165) is 5.56 Å². The Kier molecular flexibility index (Phi) is 10.0. The number of amidine groups is 1. The molecule has 0 spiro atoms. The van der Waals surface area contributed by atoms with Gasteiger partial charge in [0.2, 0.25) is 17.7 Å². The van der Waals surface area contributed by atoms with Crippen LogP contribution in [0, 0.1) is 16.7 Å². The summed E-state index contributed by atoms with van der Waals surface area (Å²) in [4.78, 5) is 43.2. The normalized spacial score (nSPS) is 16.5. The Morgan fingerprint density at radius 2 is 1.91 bits per heavy atom. The van der Waals surface area contributed by atoms with E-state index in [1.54, 1.807) is 24.3 Å². The van der Waals surface area contributed by atoms with Crippen molar-refractivity contribution >= 4 is 29.5 Å². The van der Waals surface area contributed by atoms with Crippen LogP contribution in [0.5, 0.6) is 0 Å². The van der Waals surface area contributed by atoms with Gasteiger partial charge in [0.1, 0.15) is 24.0 Å². The highest BCUT2D eigenvalue weighted by molar-refractivity contribution is 5.95. The molecule has 0 saturated carbocycles. The predicted octanol–water partition coefficient (Wildman–Crippen LogP) is -0.929. The van der Waals surface area contributed by atoms with Gasteiger partial charge < -0.3 is 32.7 Å². The molecule has 35 heavy (non-hydrogen) atoms. The molecule has 0 aliphatic carbocycles. The maximum Gasteiger partial charge on any atom is 0.245 e. The number of amides is 3. The summed E-state index contributed by atoms with van der Waals surface area (Å²) in [7, 11) is 0. The van der Waals surface area contributed by atoms with Crippen LogP contribution in [0.25, 0.3) is 0 Å². The Bertz CT molecular complexity index is 996. The molecule has 0 aromatic heterocycles. The van der Waals surface area contributed by atoms with Gasteiger partial charge in [-0.3, -0.25) is 24.8 Å². The first-order valence-corrected chi connectivity index (χ1v) is 11.4. The molecule has 9 N–H and O–H groups in total. The molecular formula is C23H33N9O3. The third kappa shape index (κ3) is 8.29. The standard InChI is InChI=1S/C23H33N9O3/c1-14(33)30-18(4-2-10-29-23(27)28)22(35)32-11-3-5-19(32)21(34)31-17(13-24)12-15-6-8-16(9-7-15)20(25)26/h6-9,17-19H,2-5,10-12H2,1H3,(H3,25,26)(H,30,33)(H,31,34)(H4,27,28,29)/t17?,18-,19+/m1/s1. The van der Waals surface area contributed by atoms with Crippen molar-refractivity contribution in [1.29, 1.82) is 10.7 Å². The Morgan fingerprint density at radius 1 is 1.23 bits per heavy atom. The van der Waals surface area contributed by atoms with E-state index < -0.39 is 24.0 Å². The van der Waals surface area contributed by atoms with Gasteiger partial charge in [-0.15, -0.1) is 0 Å². The number of rotatable bonds is 11. The number of carbonyl (C=O) groups excluding carboxylic acids is 3. The van der Waals surface area contributed by atoms with Gasteiger partial charge in [0, 0.05) is 32.0 Å². The zero-order valence-electron chi connectivity index (χ0n) is 19.8. The second-order valence-electron chi connectivity index (χ2n) is 8.40. The number of nitrogen functional groups attached to an aromatic ring is 1. The number of guanidine groups is 1. The Hall–Kier alpha value is -4.14. The molecular weight excluding hydrogens is 450 g/mol. The van der Waals surface area contributed by atoms with Gasteiger partial charge in [-0.2, -0.15) is 5.26 Å². The van der Waals surface area contributed by atoms with E-state index in [9.17, 15) is 19.6 Å². The van der Waals surface area contributed by atoms with Crippen LogP contribution < -0.4 is 27.8 Å². The quantitative estimate of drug-likeness (QED) is 0.132. The van der Waals surface area contributed by atoms with Crippen molar-refractivity contribution in [1.82, 2.24) is 15.5 Å². The van der Waals surface area contributed by atoms with Gasteiger partial charge in [-0.1, -0.05) is 24.3 Å². The molecule has 1 saturated heterocycles. The van der Waals surface area contributed by atoms with Gasteiger partial charge in [0.15, 0.2) is 5.96 Å². The van der Waals surface area contributed by atoms with Crippen LogP contribution in [0.3, 0.4) is 0 Å². The summed E-state index contributed by atoms with van der Waals surface area (Å²) in [5, 5.41) is 22.4. The summed E-state index contributed by atoms with van der Waals surface area (Å²) in [6.45, 7) is 2.02. The minimum atomic E-state index is -0.804. The van der Waals surface area contributed by atoms with Gasteiger partial charge in [-0.25, -0.2) is 0 Å². The third-order valence-corrected chi connectivity index (χ3v) is 5.64. The molecule has 1 fully saturated rings. The average Bonchev–Trinajstić information content (AvgIpc) is 3.30. The van der Waals surface area contributed by atoms with E-state index in [0.29, 0.717) is 44.3 Å². The lowest BCUT2D eigenvalue weighted by Crippen LogP contribution is -2.54. The zero-order chi connectivity index (χ0) is 26.0. The average molecular weight is 484 g/mol. The van der Waals surface area contributed by atoms with E-state index in [-0.39, 0.29) is 30.0 Å². The van der Waals surface area contributed by atoms with Gasteiger partial charge >= 0.3 is 0 Å². The van der Waals surface area contributed by atoms with E-state index in [1.807, 2.05) is 0 Å². The van der Waals surface area contributed by atoms with E-state index >= 15 is 0 Å². The van der Waals surface area contributed by atoms with Gasteiger partial charge in [-0.05, 0) is 31.2 Å². The number of nitrogens with zero attached hydrogens (tertiary/aromatic N) is 3. The Balaban J connectivity index is 2.03. The largest absolute Gasteiger partial charge is 0.384 e. The van der Waals surface area contributed by atoms with Crippen molar-refractivity contribution in [3.63, 3.8) is 0 Å². The molecule has 12 nitrogen and oxygen atoms in total. The summed E-state index contributed by atoms with van der Waals surface area (Å²) in [5.74, 6) is -1.22. The fourth-order valence-electron chi connectivity index (χ4n) is 3.96. The number of hydrogen-bond donors (Lipinski definition) is 6. The molecule has 0 radical (unpaired) electrons. The van der Waals surface area contributed by atoms with Crippen LogP contribution >= 0.6 is 0 Å². The van der Waals surface area contributed by atoms with Crippen molar-refractivity contribution in [2.75, 3.05) is 13.1 Å². The molecule has 3 atom stereocenters. The van der Waals surface area contributed by atoms with Crippen LogP contribution in [-0.2, 0) is 20.8 Å². The molecule has 1 aromatic rings. The summed E-state index contributed by atoms with van der Waals surface area (Å²) in [6.07, 6.45) is 2.15. The first-order valence-electron chi connectivity index (χ1n) is 11.4. The Morgan fingerprint density at radius 3 is 2.49 bits per heavy atom. The number of nitrogens with two attached hydrogens (primary N) is 3. The minimum Gasteiger partial charge on any atom is -0.384 e. The maximum absolute atomic E-state index is 13.2.